The molecule has 1 aliphatic rings. The second-order valence-electron chi connectivity index (χ2n) is 5.62. The van der Waals surface area contributed by atoms with Crippen LogP contribution in [-0.4, -0.2) is 27.3 Å². The fourth-order valence-corrected chi connectivity index (χ4v) is 2.62. The number of halogens is 3. The van der Waals surface area contributed by atoms with Crippen LogP contribution in [0.1, 0.15) is 16.7 Å². The third-order valence-corrected chi connectivity index (χ3v) is 3.94. The summed E-state index contributed by atoms with van der Waals surface area (Å²) in [6.45, 7) is 4.58. The smallest absolute Gasteiger partial charge is 0.335 e. The maximum Gasteiger partial charge on any atom is 0.419 e. The van der Waals surface area contributed by atoms with E-state index in [2.05, 4.69) is 21.9 Å². The molecular formula is C17H15F3N4O. The Morgan fingerprint density at radius 3 is 2.60 bits per heavy atom. The Labute approximate surface area is 142 Å². The third kappa shape index (κ3) is 3.78. The van der Waals surface area contributed by atoms with Crippen LogP contribution in [0.2, 0.25) is 0 Å². The molecule has 0 saturated carbocycles. The summed E-state index contributed by atoms with van der Waals surface area (Å²) < 4.78 is 37.6. The number of benzene rings is 1. The average Bonchev–Trinajstić information content (AvgIpc) is 2.60. The van der Waals surface area contributed by atoms with Gasteiger partial charge in [0.05, 0.1) is 5.56 Å². The van der Waals surface area contributed by atoms with Gasteiger partial charge >= 0.3 is 6.18 Å². The lowest BCUT2D eigenvalue weighted by Gasteiger charge is -2.28. The quantitative estimate of drug-likeness (QED) is 0.865. The van der Waals surface area contributed by atoms with E-state index < -0.39 is 11.7 Å². The van der Waals surface area contributed by atoms with E-state index in [0.29, 0.717) is 18.8 Å². The number of aromatic nitrogens is 2. The van der Waals surface area contributed by atoms with E-state index in [1.165, 1.54) is 6.08 Å². The molecule has 2 aromatic rings. The molecule has 1 N–H and O–H groups in total. The Morgan fingerprint density at radius 2 is 1.96 bits per heavy atom. The number of alkyl halides is 3. The van der Waals surface area contributed by atoms with Gasteiger partial charge in [0.15, 0.2) is 0 Å². The summed E-state index contributed by atoms with van der Waals surface area (Å²) in [6.07, 6.45) is -0.975. The Morgan fingerprint density at radius 1 is 1.24 bits per heavy atom. The van der Waals surface area contributed by atoms with Gasteiger partial charge in [0, 0.05) is 31.2 Å². The number of carbonyl (C=O) groups excluding carboxylic acids is 1. The van der Waals surface area contributed by atoms with Crippen LogP contribution in [0.5, 0.6) is 0 Å². The van der Waals surface area contributed by atoms with Crippen LogP contribution < -0.4 is 5.32 Å². The van der Waals surface area contributed by atoms with Gasteiger partial charge in [0.25, 0.3) is 0 Å². The number of hydrogen-bond donors (Lipinski definition) is 1. The lowest BCUT2D eigenvalue weighted by Crippen LogP contribution is -2.34. The van der Waals surface area contributed by atoms with E-state index in [1.807, 2.05) is 18.2 Å². The monoisotopic (exact) mass is 348 g/mol. The molecule has 3 rings (SSSR count). The molecule has 2 heterocycles. The first-order valence-corrected chi connectivity index (χ1v) is 7.56. The first kappa shape index (κ1) is 16.9. The highest BCUT2D eigenvalue weighted by molar-refractivity contribution is 5.87. The van der Waals surface area contributed by atoms with Crippen LogP contribution in [0.25, 0.3) is 0 Å². The molecule has 0 atom stereocenters. The van der Waals surface area contributed by atoms with Crippen molar-refractivity contribution in [1.82, 2.24) is 14.9 Å². The van der Waals surface area contributed by atoms with E-state index in [1.54, 1.807) is 4.90 Å². The normalized spacial score (nSPS) is 14.0. The van der Waals surface area contributed by atoms with Crippen molar-refractivity contribution in [3.05, 3.63) is 59.9 Å². The molecule has 1 aromatic carbocycles. The zero-order valence-electron chi connectivity index (χ0n) is 13.2. The van der Waals surface area contributed by atoms with E-state index >= 15 is 0 Å². The number of rotatable bonds is 3. The second kappa shape index (κ2) is 6.54. The molecule has 0 aliphatic carbocycles. The number of hydrogen-bond acceptors (Lipinski definition) is 4. The van der Waals surface area contributed by atoms with E-state index in [-0.39, 0.29) is 11.9 Å². The SMILES string of the molecule is C=CC(=O)N1CCc2ccc(Nc3ncc(C(F)(F)F)cn3)cc2C1. The van der Waals surface area contributed by atoms with Gasteiger partial charge in [-0.15, -0.1) is 0 Å². The Hall–Kier alpha value is -2.90. The minimum absolute atomic E-state index is 0.0720. The lowest BCUT2D eigenvalue weighted by atomic mass is 9.99. The Balaban J connectivity index is 1.76. The number of anilines is 2. The van der Waals surface area contributed by atoms with E-state index in [4.69, 9.17) is 0 Å². The molecule has 1 aliphatic heterocycles. The van der Waals surface area contributed by atoms with Crippen molar-refractivity contribution < 1.29 is 18.0 Å². The van der Waals surface area contributed by atoms with Crippen LogP contribution >= 0.6 is 0 Å². The molecule has 0 unspecified atom stereocenters. The van der Waals surface area contributed by atoms with Gasteiger partial charge < -0.3 is 10.2 Å². The summed E-state index contributed by atoms with van der Waals surface area (Å²) in [5.74, 6) is -0.0575. The minimum Gasteiger partial charge on any atom is -0.335 e. The molecule has 0 radical (unpaired) electrons. The average molecular weight is 348 g/mol. The summed E-state index contributed by atoms with van der Waals surface area (Å²) >= 11 is 0. The van der Waals surface area contributed by atoms with Crippen LogP contribution in [-0.2, 0) is 23.9 Å². The zero-order chi connectivity index (χ0) is 18.0. The standard InChI is InChI=1S/C17H15F3N4O/c1-2-15(25)24-6-5-11-3-4-14(7-12(11)10-24)23-16-21-8-13(9-22-16)17(18,19)20/h2-4,7-9H,1,5-6,10H2,(H,21,22,23). The van der Waals surface area contributed by atoms with Gasteiger partial charge in [0.1, 0.15) is 0 Å². The molecule has 8 heteroatoms. The number of amides is 1. The summed E-state index contributed by atoms with van der Waals surface area (Å²) in [5, 5.41) is 2.88. The molecule has 1 amide bonds. The van der Waals surface area contributed by atoms with E-state index in [9.17, 15) is 18.0 Å². The minimum atomic E-state index is -4.47. The Kier molecular flexibility index (Phi) is 4.43. The van der Waals surface area contributed by atoms with Crippen molar-refractivity contribution in [2.45, 2.75) is 19.1 Å². The first-order valence-electron chi connectivity index (χ1n) is 7.56. The summed E-state index contributed by atoms with van der Waals surface area (Å²) in [7, 11) is 0. The van der Waals surface area contributed by atoms with Crippen LogP contribution in [0.4, 0.5) is 24.8 Å². The molecule has 130 valence electrons. The highest BCUT2D eigenvalue weighted by Crippen LogP contribution is 2.29. The fraction of sp³-hybridized carbons (Fsp3) is 0.235. The molecule has 0 saturated heterocycles. The molecule has 0 bridgehead atoms. The zero-order valence-corrected chi connectivity index (χ0v) is 13.2. The molecule has 0 spiro atoms. The summed E-state index contributed by atoms with van der Waals surface area (Å²) in [4.78, 5) is 20.8. The van der Waals surface area contributed by atoms with Crippen LogP contribution in [0.3, 0.4) is 0 Å². The maximum absolute atomic E-state index is 12.5. The van der Waals surface area contributed by atoms with Crippen molar-refractivity contribution in [3.63, 3.8) is 0 Å². The van der Waals surface area contributed by atoms with Crippen LogP contribution in [0.15, 0.2) is 43.2 Å². The topological polar surface area (TPSA) is 58.1 Å². The maximum atomic E-state index is 12.5. The van der Waals surface area contributed by atoms with Crippen LogP contribution in [0, 0.1) is 0 Å². The largest absolute Gasteiger partial charge is 0.419 e. The van der Waals surface area contributed by atoms with Crippen molar-refractivity contribution >= 4 is 17.5 Å². The highest BCUT2D eigenvalue weighted by atomic mass is 19.4. The van der Waals surface area contributed by atoms with Gasteiger partial charge in [-0.25, -0.2) is 9.97 Å². The number of nitrogens with one attached hydrogen (secondary N) is 1. The van der Waals surface area contributed by atoms with Gasteiger partial charge in [-0.3, -0.25) is 4.79 Å². The molecular weight excluding hydrogens is 333 g/mol. The number of carbonyl (C=O) groups is 1. The molecule has 0 fully saturated rings. The third-order valence-electron chi connectivity index (χ3n) is 3.94. The predicted molar refractivity (Wildman–Crippen MR) is 86.1 cm³/mol. The summed E-state index contributed by atoms with van der Waals surface area (Å²) in [6, 6.07) is 5.58. The second-order valence-corrected chi connectivity index (χ2v) is 5.62. The molecule has 5 nitrogen and oxygen atoms in total. The summed E-state index contributed by atoms with van der Waals surface area (Å²) in [5.41, 5.74) is 1.85. The van der Waals surface area contributed by atoms with Crippen molar-refractivity contribution in [1.29, 1.82) is 0 Å². The van der Waals surface area contributed by atoms with Gasteiger partial charge in [-0.05, 0) is 35.8 Å². The first-order chi connectivity index (χ1) is 11.9. The number of fused-ring (bicyclic) bond motifs is 1. The molecule has 1 aromatic heterocycles. The van der Waals surface area contributed by atoms with Crippen molar-refractivity contribution in [2.24, 2.45) is 0 Å². The van der Waals surface area contributed by atoms with Crippen molar-refractivity contribution in [2.75, 3.05) is 11.9 Å². The van der Waals surface area contributed by atoms with Gasteiger partial charge in [-0.1, -0.05) is 12.6 Å². The lowest BCUT2D eigenvalue weighted by molar-refractivity contribution is -0.138. The highest BCUT2D eigenvalue weighted by Gasteiger charge is 2.31. The van der Waals surface area contributed by atoms with Gasteiger partial charge in [-0.2, -0.15) is 13.2 Å². The predicted octanol–water partition coefficient (Wildman–Crippen LogP) is 3.31. The van der Waals surface area contributed by atoms with Gasteiger partial charge in [0.2, 0.25) is 11.9 Å². The Bertz CT molecular complexity index is 803. The van der Waals surface area contributed by atoms with Crippen molar-refractivity contribution in [3.8, 4) is 0 Å². The van der Waals surface area contributed by atoms with E-state index in [0.717, 1.165) is 29.9 Å². The molecule has 25 heavy (non-hydrogen) atoms. The number of nitrogens with zero attached hydrogens (tertiary/aromatic N) is 3. The fourth-order valence-electron chi connectivity index (χ4n) is 2.62.